The lowest BCUT2D eigenvalue weighted by molar-refractivity contribution is 0.697. The predicted octanol–water partition coefficient (Wildman–Crippen LogP) is 2.93. The van der Waals surface area contributed by atoms with Crippen LogP contribution in [0.5, 0.6) is 0 Å². The molecule has 0 atom stereocenters. The van der Waals surface area contributed by atoms with E-state index >= 15 is 0 Å². The van der Waals surface area contributed by atoms with Crippen LogP contribution in [0.25, 0.3) is 0 Å². The van der Waals surface area contributed by atoms with E-state index in [1.165, 1.54) is 0 Å². The molecule has 0 aliphatic rings. The minimum atomic E-state index is 0.580. The quantitative estimate of drug-likeness (QED) is 0.922. The number of benzene rings is 1. The van der Waals surface area contributed by atoms with Crippen molar-refractivity contribution in [2.45, 2.75) is 6.54 Å². The molecule has 2 N–H and O–H groups in total. The van der Waals surface area contributed by atoms with Crippen molar-refractivity contribution in [3.05, 3.63) is 45.5 Å². The molecule has 0 aliphatic heterocycles. The third kappa shape index (κ3) is 2.33. The lowest BCUT2D eigenvalue weighted by Gasteiger charge is -2.06. The second-order valence-corrected chi connectivity index (χ2v) is 4.47. The summed E-state index contributed by atoms with van der Waals surface area (Å²) in [7, 11) is 0. The van der Waals surface area contributed by atoms with Gasteiger partial charge in [-0.1, -0.05) is 27.5 Å². The Kier molecular flexibility index (Phi) is 2.98. The number of nitrogens with zero attached hydrogens (tertiary/aromatic N) is 2. The van der Waals surface area contributed by atoms with Gasteiger partial charge in [0, 0.05) is 9.50 Å². The van der Waals surface area contributed by atoms with Crippen molar-refractivity contribution in [2.24, 2.45) is 0 Å². The summed E-state index contributed by atoms with van der Waals surface area (Å²) < 4.78 is 2.70. The average Bonchev–Trinajstić information content (AvgIpc) is 2.58. The van der Waals surface area contributed by atoms with Gasteiger partial charge >= 0.3 is 0 Å². The van der Waals surface area contributed by atoms with Gasteiger partial charge in [-0.15, -0.1) is 0 Å². The monoisotopic (exact) mass is 285 g/mol. The van der Waals surface area contributed by atoms with Gasteiger partial charge in [0.05, 0.1) is 12.7 Å². The number of rotatable bonds is 2. The number of anilines is 1. The van der Waals surface area contributed by atoms with Crippen molar-refractivity contribution < 1.29 is 0 Å². The first-order chi connectivity index (χ1) is 7.16. The fraction of sp³-hybridized carbons (Fsp3) is 0.100. The summed E-state index contributed by atoms with van der Waals surface area (Å²) >= 11 is 9.46. The van der Waals surface area contributed by atoms with Crippen LogP contribution in [0.15, 0.2) is 34.9 Å². The number of nitrogens with two attached hydrogens (primary N) is 1. The van der Waals surface area contributed by atoms with E-state index in [2.05, 4.69) is 21.0 Å². The maximum absolute atomic E-state index is 6.06. The summed E-state index contributed by atoms with van der Waals surface area (Å²) in [6, 6.07) is 7.47. The van der Waals surface area contributed by atoms with Crippen molar-refractivity contribution in [3.63, 3.8) is 0 Å². The maximum Gasteiger partial charge on any atom is 0.122 e. The van der Waals surface area contributed by atoms with Crippen LogP contribution in [0.4, 0.5) is 5.82 Å². The maximum atomic E-state index is 6.06. The van der Waals surface area contributed by atoms with Gasteiger partial charge in [-0.2, -0.15) is 5.10 Å². The molecular weight excluding hydrogens is 277 g/mol. The average molecular weight is 287 g/mol. The number of nitrogen functional groups attached to an aromatic ring is 1. The molecule has 0 fully saturated rings. The molecule has 78 valence electrons. The lowest BCUT2D eigenvalue weighted by atomic mass is 10.2. The highest BCUT2D eigenvalue weighted by Crippen LogP contribution is 2.22. The van der Waals surface area contributed by atoms with Crippen LogP contribution in [-0.4, -0.2) is 9.78 Å². The highest BCUT2D eigenvalue weighted by atomic mass is 79.9. The number of hydrogen-bond acceptors (Lipinski definition) is 2. The van der Waals surface area contributed by atoms with E-state index < -0.39 is 0 Å². The van der Waals surface area contributed by atoms with E-state index in [4.69, 9.17) is 17.3 Å². The summed E-state index contributed by atoms with van der Waals surface area (Å²) in [4.78, 5) is 0. The molecule has 0 spiro atoms. The third-order valence-corrected chi connectivity index (χ3v) is 2.94. The Morgan fingerprint density at radius 1 is 1.40 bits per heavy atom. The fourth-order valence-electron chi connectivity index (χ4n) is 1.30. The van der Waals surface area contributed by atoms with E-state index in [1.54, 1.807) is 16.9 Å². The second-order valence-electron chi connectivity index (χ2n) is 3.15. The Morgan fingerprint density at radius 2 is 2.20 bits per heavy atom. The van der Waals surface area contributed by atoms with E-state index in [0.29, 0.717) is 17.4 Å². The van der Waals surface area contributed by atoms with Gasteiger partial charge in [0.1, 0.15) is 5.82 Å². The summed E-state index contributed by atoms with van der Waals surface area (Å²) in [6.07, 6.45) is 1.67. The summed E-state index contributed by atoms with van der Waals surface area (Å²) in [5, 5.41) is 4.82. The zero-order valence-electron chi connectivity index (χ0n) is 7.82. The SMILES string of the molecule is Nc1ccnn1Cc1cc(Br)ccc1Cl. The van der Waals surface area contributed by atoms with Crippen molar-refractivity contribution in [1.29, 1.82) is 0 Å². The summed E-state index contributed by atoms with van der Waals surface area (Å²) in [5.41, 5.74) is 6.71. The molecular formula is C10H9BrClN3. The molecule has 1 heterocycles. The molecule has 0 radical (unpaired) electrons. The van der Waals surface area contributed by atoms with E-state index in [-0.39, 0.29) is 0 Å². The van der Waals surface area contributed by atoms with Crippen LogP contribution in [0, 0.1) is 0 Å². The molecule has 0 aliphatic carbocycles. The van der Waals surface area contributed by atoms with Gasteiger partial charge in [0.25, 0.3) is 0 Å². The molecule has 0 amide bonds. The van der Waals surface area contributed by atoms with Gasteiger partial charge in [0.2, 0.25) is 0 Å². The molecule has 0 unspecified atom stereocenters. The Labute approximate surface area is 101 Å². The van der Waals surface area contributed by atoms with E-state index in [9.17, 15) is 0 Å². The normalized spacial score (nSPS) is 10.5. The van der Waals surface area contributed by atoms with Crippen LogP contribution >= 0.6 is 27.5 Å². The van der Waals surface area contributed by atoms with Crippen molar-refractivity contribution in [3.8, 4) is 0 Å². The van der Waals surface area contributed by atoms with Gasteiger partial charge in [0.15, 0.2) is 0 Å². The number of hydrogen-bond donors (Lipinski definition) is 1. The molecule has 3 nitrogen and oxygen atoms in total. The van der Waals surface area contributed by atoms with Crippen LogP contribution in [0.3, 0.4) is 0 Å². The van der Waals surface area contributed by atoms with Gasteiger partial charge in [-0.25, -0.2) is 4.68 Å². The minimum Gasteiger partial charge on any atom is -0.384 e. The lowest BCUT2D eigenvalue weighted by Crippen LogP contribution is -2.05. The van der Waals surface area contributed by atoms with Crippen LogP contribution in [-0.2, 0) is 6.54 Å². The highest BCUT2D eigenvalue weighted by molar-refractivity contribution is 9.10. The fourth-order valence-corrected chi connectivity index (χ4v) is 1.89. The molecule has 2 rings (SSSR count). The summed E-state index contributed by atoms with van der Waals surface area (Å²) in [6.45, 7) is 0.580. The predicted molar refractivity (Wildman–Crippen MR) is 64.9 cm³/mol. The largest absolute Gasteiger partial charge is 0.384 e. The van der Waals surface area contributed by atoms with Crippen molar-refractivity contribution in [2.75, 3.05) is 5.73 Å². The summed E-state index contributed by atoms with van der Waals surface area (Å²) in [5.74, 6) is 0.631. The van der Waals surface area contributed by atoms with Crippen molar-refractivity contribution in [1.82, 2.24) is 9.78 Å². The Morgan fingerprint density at radius 3 is 2.87 bits per heavy atom. The standard InChI is InChI=1S/C10H9BrClN3/c11-8-1-2-9(12)7(5-8)6-15-10(13)3-4-14-15/h1-5H,6,13H2. The first-order valence-electron chi connectivity index (χ1n) is 4.38. The first kappa shape index (κ1) is 10.5. The van der Waals surface area contributed by atoms with Gasteiger partial charge in [-0.3, -0.25) is 0 Å². The molecule has 5 heteroatoms. The molecule has 1 aromatic heterocycles. The smallest absolute Gasteiger partial charge is 0.122 e. The van der Waals surface area contributed by atoms with Crippen LogP contribution < -0.4 is 5.73 Å². The minimum absolute atomic E-state index is 0.580. The molecule has 2 aromatic rings. The number of halogens is 2. The van der Waals surface area contributed by atoms with Gasteiger partial charge < -0.3 is 5.73 Å². The van der Waals surface area contributed by atoms with Crippen LogP contribution in [0.2, 0.25) is 5.02 Å². The third-order valence-electron chi connectivity index (χ3n) is 2.08. The zero-order chi connectivity index (χ0) is 10.8. The van der Waals surface area contributed by atoms with E-state index in [1.807, 2.05) is 18.2 Å². The Hall–Kier alpha value is -1.000. The Bertz CT molecular complexity index is 481. The van der Waals surface area contributed by atoms with E-state index in [0.717, 1.165) is 10.0 Å². The zero-order valence-corrected chi connectivity index (χ0v) is 10.2. The molecule has 15 heavy (non-hydrogen) atoms. The highest BCUT2D eigenvalue weighted by Gasteiger charge is 2.04. The Balaban J connectivity index is 2.32. The van der Waals surface area contributed by atoms with Gasteiger partial charge in [-0.05, 0) is 29.8 Å². The number of aromatic nitrogens is 2. The molecule has 0 bridgehead atoms. The molecule has 0 saturated carbocycles. The second kappa shape index (κ2) is 4.24. The molecule has 0 saturated heterocycles. The van der Waals surface area contributed by atoms with Crippen LogP contribution in [0.1, 0.15) is 5.56 Å². The van der Waals surface area contributed by atoms with Crippen molar-refractivity contribution >= 4 is 33.3 Å². The molecule has 1 aromatic carbocycles. The topological polar surface area (TPSA) is 43.8 Å². The first-order valence-corrected chi connectivity index (χ1v) is 5.55.